The Kier molecular flexibility index (Phi) is 4.03. The van der Waals surface area contributed by atoms with Gasteiger partial charge in [-0.15, -0.1) is 0 Å². The number of aryl methyl sites for hydroxylation is 2. The third-order valence-electron chi connectivity index (χ3n) is 3.22. The van der Waals surface area contributed by atoms with Gasteiger partial charge in [-0.2, -0.15) is 0 Å². The Morgan fingerprint density at radius 1 is 1.22 bits per heavy atom. The standard InChI is InChI=1S/C15H21N3/c1-3-4-10-14-15(16)18(12(2)17-14)11-13-8-6-5-7-9-13/h5-9H,3-4,10-11,16H2,1-2H3. The van der Waals surface area contributed by atoms with E-state index in [1.165, 1.54) is 12.0 Å². The highest BCUT2D eigenvalue weighted by atomic mass is 15.1. The number of unbranched alkanes of at least 4 members (excludes halogenated alkanes) is 1. The van der Waals surface area contributed by atoms with Gasteiger partial charge in [-0.3, -0.25) is 0 Å². The predicted molar refractivity (Wildman–Crippen MR) is 75.5 cm³/mol. The lowest BCUT2D eigenvalue weighted by atomic mass is 10.2. The quantitative estimate of drug-likeness (QED) is 0.876. The number of nitrogen functional groups attached to an aromatic ring is 1. The van der Waals surface area contributed by atoms with Gasteiger partial charge < -0.3 is 10.3 Å². The molecule has 0 fully saturated rings. The topological polar surface area (TPSA) is 43.8 Å². The van der Waals surface area contributed by atoms with E-state index in [1.54, 1.807) is 0 Å². The van der Waals surface area contributed by atoms with Crippen molar-refractivity contribution in [3.8, 4) is 0 Å². The van der Waals surface area contributed by atoms with Gasteiger partial charge in [0.2, 0.25) is 0 Å². The Hall–Kier alpha value is -1.77. The molecule has 2 rings (SSSR count). The summed E-state index contributed by atoms with van der Waals surface area (Å²) in [4.78, 5) is 4.58. The van der Waals surface area contributed by atoms with E-state index in [-0.39, 0.29) is 0 Å². The van der Waals surface area contributed by atoms with Crippen LogP contribution in [0.2, 0.25) is 0 Å². The minimum atomic E-state index is 0.803. The highest BCUT2D eigenvalue weighted by Crippen LogP contribution is 2.18. The van der Waals surface area contributed by atoms with Crippen LogP contribution in [0, 0.1) is 6.92 Å². The van der Waals surface area contributed by atoms with Crippen molar-refractivity contribution in [3.05, 3.63) is 47.4 Å². The zero-order chi connectivity index (χ0) is 13.0. The number of rotatable bonds is 5. The first-order chi connectivity index (χ1) is 8.72. The van der Waals surface area contributed by atoms with Gasteiger partial charge in [0.15, 0.2) is 0 Å². The van der Waals surface area contributed by atoms with Crippen LogP contribution in [0.25, 0.3) is 0 Å². The van der Waals surface area contributed by atoms with E-state index in [9.17, 15) is 0 Å². The number of hydrogen-bond acceptors (Lipinski definition) is 2. The van der Waals surface area contributed by atoms with Crippen molar-refractivity contribution in [2.24, 2.45) is 0 Å². The van der Waals surface area contributed by atoms with Crippen molar-refractivity contribution in [3.63, 3.8) is 0 Å². The van der Waals surface area contributed by atoms with Crippen LogP contribution >= 0.6 is 0 Å². The van der Waals surface area contributed by atoms with Crippen molar-refractivity contribution < 1.29 is 0 Å². The normalized spacial score (nSPS) is 10.8. The van der Waals surface area contributed by atoms with E-state index in [1.807, 2.05) is 13.0 Å². The fraction of sp³-hybridized carbons (Fsp3) is 0.400. The third-order valence-corrected chi connectivity index (χ3v) is 3.22. The maximum Gasteiger partial charge on any atom is 0.127 e. The molecule has 1 aromatic heterocycles. The summed E-state index contributed by atoms with van der Waals surface area (Å²) in [6, 6.07) is 10.4. The molecule has 3 nitrogen and oxygen atoms in total. The second-order valence-corrected chi connectivity index (χ2v) is 4.67. The summed E-state index contributed by atoms with van der Waals surface area (Å²) < 4.78 is 2.10. The summed E-state index contributed by atoms with van der Waals surface area (Å²) in [5.74, 6) is 1.83. The van der Waals surface area contributed by atoms with E-state index >= 15 is 0 Å². The van der Waals surface area contributed by atoms with Gasteiger partial charge in [-0.1, -0.05) is 43.7 Å². The van der Waals surface area contributed by atoms with Crippen LogP contribution in [-0.4, -0.2) is 9.55 Å². The summed E-state index contributed by atoms with van der Waals surface area (Å²) in [6.07, 6.45) is 3.29. The first-order valence-electron chi connectivity index (χ1n) is 6.57. The van der Waals surface area contributed by atoms with E-state index < -0.39 is 0 Å². The summed E-state index contributed by atoms with van der Waals surface area (Å²) in [5, 5.41) is 0. The maximum atomic E-state index is 6.19. The maximum absolute atomic E-state index is 6.19. The molecule has 0 saturated carbocycles. The molecule has 1 aromatic carbocycles. The molecule has 0 spiro atoms. The molecule has 3 heteroatoms. The third kappa shape index (κ3) is 2.73. The zero-order valence-electron chi connectivity index (χ0n) is 11.2. The molecular formula is C15H21N3. The van der Waals surface area contributed by atoms with Crippen molar-refractivity contribution in [1.29, 1.82) is 0 Å². The molecule has 0 unspecified atom stereocenters. The molecule has 18 heavy (non-hydrogen) atoms. The summed E-state index contributed by atoms with van der Waals surface area (Å²) in [7, 11) is 0. The lowest BCUT2D eigenvalue weighted by molar-refractivity contribution is 0.771. The van der Waals surface area contributed by atoms with Crippen LogP contribution in [0.1, 0.15) is 36.8 Å². The minimum absolute atomic E-state index is 0.803. The van der Waals surface area contributed by atoms with Crippen molar-refractivity contribution in [2.75, 3.05) is 5.73 Å². The smallest absolute Gasteiger partial charge is 0.127 e. The lowest BCUT2D eigenvalue weighted by Crippen LogP contribution is -2.06. The van der Waals surface area contributed by atoms with Crippen molar-refractivity contribution in [1.82, 2.24) is 9.55 Å². The highest BCUT2D eigenvalue weighted by Gasteiger charge is 2.11. The number of aromatic nitrogens is 2. The molecule has 2 aromatic rings. The first kappa shape index (κ1) is 12.7. The molecule has 0 aliphatic carbocycles. The Balaban J connectivity index is 2.20. The Labute approximate surface area is 109 Å². The largest absolute Gasteiger partial charge is 0.384 e. The van der Waals surface area contributed by atoms with Crippen LogP contribution in [0.15, 0.2) is 30.3 Å². The van der Waals surface area contributed by atoms with E-state index in [0.29, 0.717) is 0 Å². The molecule has 0 radical (unpaired) electrons. The number of hydrogen-bond donors (Lipinski definition) is 1. The minimum Gasteiger partial charge on any atom is -0.384 e. The van der Waals surface area contributed by atoms with Crippen LogP contribution < -0.4 is 5.73 Å². The molecule has 0 saturated heterocycles. The predicted octanol–water partition coefficient (Wildman–Crippen LogP) is 3.16. The number of nitrogens with zero attached hydrogens (tertiary/aromatic N) is 2. The molecule has 0 bridgehead atoms. The Morgan fingerprint density at radius 3 is 2.61 bits per heavy atom. The first-order valence-corrected chi connectivity index (χ1v) is 6.57. The van der Waals surface area contributed by atoms with Crippen molar-refractivity contribution >= 4 is 5.82 Å². The number of imidazole rings is 1. The van der Waals surface area contributed by atoms with Gasteiger partial charge in [0, 0.05) is 0 Å². The van der Waals surface area contributed by atoms with Gasteiger partial charge in [-0.25, -0.2) is 4.98 Å². The number of anilines is 1. The highest BCUT2D eigenvalue weighted by molar-refractivity contribution is 5.39. The van der Waals surface area contributed by atoms with Crippen LogP contribution in [-0.2, 0) is 13.0 Å². The van der Waals surface area contributed by atoms with Gasteiger partial charge >= 0.3 is 0 Å². The van der Waals surface area contributed by atoms with Gasteiger partial charge in [0.1, 0.15) is 11.6 Å². The summed E-state index contributed by atoms with van der Waals surface area (Å²) >= 11 is 0. The SMILES string of the molecule is CCCCc1nc(C)n(Cc2ccccc2)c1N. The molecule has 0 amide bonds. The van der Waals surface area contributed by atoms with Crippen LogP contribution in [0.3, 0.4) is 0 Å². The van der Waals surface area contributed by atoms with E-state index in [0.717, 1.165) is 36.7 Å². The molecular weight excluding hydrogens is 222 g/mol. The summed E-state index contributed by atoms with van der Waals surface area (Å²) in [5.41, 5.74) is 8.50. The van der Waals surface area contributed by atoms with Crippen LogP contribution in [0.5, 0.6) is 0 Å². The van der Waals surface area contributed by atoms with Gasteiger partial charge in [-0.05, 0) is 25.3 Å². The average molecular weight is 243 g/mol. The fourth-order valence-corrected chi connectivity index (χ4v) is 2.14. The monoisotopic (exact) mass is 243 g/mol. The van der Waals surface area contributed by atoms with Gasteiger partial charge in [0.25, 0.3) is 0 Å². The van der Waals surface area contributed by atoms with Gasteiger partial charge in [0.05, 0.1) is 12.2 Å². The fourth-order valence-electron chi connectivity index (χ4n) is 2.14. The van der Waals surface area contributed by atoms with E-state index in [4.69, 9.17) is 5.73 Å². The Morgan fingerprint density at radius 2 is 1.94 bits per heavy atom. The Bertz CT molecular complexity index is 500. The number of benzene rings is 1. The molecule has 0 aliphatic rings. The van der Waals surface area contributed by atoms with Crippen LogP contribution in [0.4, 0.5) is 5.82 Å². The molecule has 0 aliphatic heterocycles. The van der Waals surface area contributed by atoms with E-state index in [2.05, 4.69) is 40.7 Å². The zero-order valence-corrected chi connectivity index (χ0v) is 11.2. The van der Waals surface area contributed by atoms with Crippen molar-refractivity contribution in [2.45, 2.75) is 39.7 Å². The summed E-state index contributed by atoms with van der Waals surface area (Å²) in [6.45, 7) is 5.01. The second kappa shape index (κ2) is 5.71. The molecule has 2 N–H and O–H groups in total. The molecule has 0 atom stereocenters. The number of nitrogens with two attached hydrogens (primary N) is 1. The molecule has 96 valence electrons. The second-order valence-electron chi connectivity index (χ2n) is 4.67. The lowest BCUT2D eigenvalue weighted by Gasteiger charge is -2.07. The average Bonchev–Trinajstić information content (AvgIpc) is 2.65. The molecule has 1 heterocycles.